The lowest BCUT2D eigenvalue weighted by Gasteiger charge is -2.30. The molecule has 0 bridgehead atoms. The van der Waals surface area contributed by atoms with Gasteiger partial charge in [-0.2, -0.15) is 11.8 Å². The zero-order valence-electron chi connectivity index (χ0n) is 13.2. The molecule has 0 spiro atoms. The van der Waals surface area contributed by atoms with Crippen molar-refractivity contribution < 1.29 is 14.3 Å². The Kier molecular flexibility index (Phi) is 7.92. The zero-order valence-corrected chi connectivity index (χ0v) is 14.1. The van der Waals surface area contributed by atoms with E-state index in [0.717, 1.165) is 25.3 Å². The molecule has 3 unspecified atom stereocenters. The Morgan fingerprint density at radius 1 is 1.55 bits per heavy atom. The minimum atomic E-state index is -0.590. The molecule has 0 aromatic rings. The van der Waals surface area contributed by atoms with Crippen molar-refractivity contribution in [3.05, 3.63) is 0 Å². The van der Waals surface area contributed by atoms with Crippen LogP contribution in [0, 0.1) is 0 Å². The van der Waals surface area contributed by atoms with E-state index in [1.165, 1.54) is 12.8 Å². The topological polar surface area (TPSA) is 47.6 Å². The van der Waals surface area contributed by atoms with Gasteiger partial charge in [0.2, 0.25) is 0 Å². The number of esters is 1. The second-order valence-corrected chi connectivity index (χ2v) is 7.04. The van der Waals surface area contributed by atoms with Gasteiger partial charge in [-0.15, -0.1) is 0 Å². The molecule has 0 radical (unpaired) electrons. The summed E-state index contributed by atoms with van der Waals surface area (Å²) in [7, 11) is 0. The summed E-state index contributed by atoms with van der Waals surface area (Å²) in [6, 6.07) is 0. The molecule has 0 aliphatic carbocycles. The second-order valence-electron chi connectivity index (χ2n) is 5.57. The lowest BCUT2D eigenvalue weighted by molar-refractivity contribution is -0.150. The molecule has 0 saturated carbocycles. The molecule has 1 fully saturated rings. The third kappa shape index (κ3) is 5.62. The summed E-state index contributed by atoms with van der Waals surface area (Å²) in [5.41, 5.74) is -0.590. The number of likely N-dealkylation sites (N-methyl/N-ethyl adjacent to an activating group) is 1. The van der Waals surface area contributed by atoms with Crippen LogP contribution in [0.4, 0.5) is 0 Å². The van der Waals surface area contributed by atoms with Gasteiger partial charge in [-0.25, -0.2) is 0 Å². The van der Waals surface area contributed by atoms with Crippen LogP contribution in [-0.4, -0.2) is 48.4 Å². The normalized spacial score (nSPS) is 23.3. The molecule has 1 heterocycles. The number of ether oxygens (including phenoxy) is 2. The van der Waals surface area contributed by atoms with Crippen molar-refractivity contribution in [2.24, 2.45) is 0 Å². The van der Waals surface area contributed by atoms with Gasteiger partial charge in [0.25, 0.3) is 0 Å². The van der Waals surface area contributed by atoms with Crippen molar-refractivity contribution >= 4 is 17.7 Å². The first-order valence-corrected chi connectivity index (χ1v) is 8.72. The minimum absolute atomic E-state index is 0.147. The number of hydrogen-bond acceptors (Lipinski definition) is 5. The Morgan fingerprint density at radius 3 is 2.85 bits per heavy atom. The summed E-state index contributed by atoms with van der Waals surface area (Å²) in [5.74, 6) is 0.873. The van der Waals surface area contributed by atoms with Gasteiger partial charge in [0.15, 0.2) is 0 Å². The van der Waals surface area contributed by atoms with Crippen molar-refractivity contribution in [1.82, 2.24) is 5.32 Å². The van der Waals surface area contributed by atoms with Crippen LogP contribution in [0.5, 0.6) is 0 Å². The van der Waals surface area contributed by atoms with E-state index in [1.54, 1.807) is 0 Å². The molecular weight excluding hydrogens is 274 g/mol. The van der Waals surface area contributed by atoms with Gasteiger partial charge in [0.05, 0.1) is 12.7 Å². The molecule has 0 aromatic carbocycles. The molecule has 1 rings (SSSR count). The van der Waals surface area contributed by atoms with E-state index < -0.39 is 5.54 Å². The fourth-order valence-corrected chi connectivity index (χ4v) is 3.85. The summed E-state index contributed by atoms with van der Waals surface area (Å²) in [6.45, 7) is 10.1. The Bertz CT molecular complexity index is 295. The molecular formula is C15H29NO3S. The summed E-state index contributed by atoms with van der Waals surface area (Å²) < 4.78 is 10.8. The molecule has 20 heavy (non-hydrogen) atoms. The Hall–Kier alpha value is -0.260. The number of hydrogen-bond donors (Lipinski definition) is 1. The van der Waals surface area contributed by atoms with Crippen molar-refractivity contribution in [2.75, 3.05) is 25.5 Å². The maximum Gasteiger partial charge on any atom is 0.326 e. The van der Waals surface area contributed by atoms with Gasteiger partial charge in [-0.3, -0.25) is 4.79 Å². The van der Waals surface area contributed by atoms with Crippen molar-refractivity contribution in [2.45, 2.75) is 63.9 Å². The Balaban J connectivity index is 2.44. The molecule has 1 N–H and O–H groups in total. The predicted octanol–water partition coefficient (Wildman–Crippen LogP) is 2.61. The molecule has 0 aromatic heterocycles. The highest BCUT2D eigenvalue weighted by atomic mass is 32.2. The number of rotatable bonds is 9. The first-order chi connectivity index (χ1) is 9.51. The zero-order chi connectivity index (χ0) is 15.0. The van der Waals surface area contributed by atoms with Crippen LogP contribution in [0.2, 0.25) is 0 Å². The van der Waals surface area contributed by atoms with Crippen LogP contribution < -0.4 is 5.32 Å². The maximum atomic E-state index is 12.1. The van der Waals surface area contributed by atoms with E-state index >= 15 is 0 Å². The van der Waals surface area contributed by atoms with E-state index in [2.05, 4.69) is 12.2 Å². The van der Waals surface area contributed by atoms with Crippen molar-refractivity contribution in [1.29, 1.82) is 0 Å². The first kappa shape index (κ1) is 17.8. The van der Waals surface area contributed by atoms with Crippen molar-refractivity contribution in [3.63, 3.8) is 0 Å². The standard InChI is InChI=1S/C15H29NO3S/c1-5-16-15(4,14(17)18-6-2)10-12(3)20-11-13-8-7-9-19-13/h12-13,16H,5-11H2,1-4H3. The van der Waals surface area contributed by atoms with Gasteiger partial charge < -0.3 is 14.8 Å². The summed E-state index contributed by atoms with van der Waals surface area (Å²) in [5, 5.41) is 3.68. The van der Waals surface area contributed by atoms with Crippen LogP contribution in [0.15, 0.2) is 0 Å². The maximum absolute atomic E-state index is 12.1. The van der Waals surface area contributed by atoms with Crippen LogP contribution in [0.3, 0.4) is 0 Å². The molecule has 1 aliphatic rings. The van der Waals surface area contributed by atoms with Crippen LogP contribution >= 0.6 is 11.8 Å². The fourth-order valence-electron chi connectivity index (χ4n) is 2.59. The summed E-state index contributed by atoms with van der Waals surface area (Å²) in [4.78, 5) is 12.1. The average Bonchev–Trinajstić information content (AvgIpc) is 2.90. The van der Waals surface area contributed by atoms with Crippen molar-refractivity contribution in [3.8, 4) is 0 Å². The highest BCUT2D eigenvalue weighted by Crippen LogP contribution is 2.26. The lowest BCUT2D eigenvalue weighted by atomic mass is 9.96. The Labute approximate surface area is 127 Å². The van der Waals surface area contributed by atoms with Gasteiger partial charge in [0, 0.05) is 17.6 Å². The minimum Gasteiger partial charge on any atom is -0.465 e. The molecule has 118 valence electrons. The number of carbonyl (C=O) groups is 1. The second kappa shape index (κ2) is 8.90. The fraction of sp³-hybridized carbons (Fsp3) is 0.933. The summed E-state index contributed by atoms with van der Waals surface area (Å²) >= 11 is 1.89. The predicted molar refractivity (Wildman–Crippen MR) is 84.2 cm³/mol. The molecule has 5 heteroatoms. The molecule has 1 saturated heterocycles. The summed E-state index contributed by atoms with van der Waals surface area (Å²) in [6.07, 6.45) is 3.52. The van der Waals surface area contributed by atoms with Gasteiger partial charge in [0.1, 0.15) is 5.54 Å². The van der Waals surface area contributed by atoms with Crippen LogP contribution in [0.1, 0.15) is 47.0 Å². The quantitative estimate of drug-likeness (QED) is 0.664. The first-order valence-electron chi connectivity index (χ1n) is 7.67. The molecule has 3 atom stereocenters. The lowest BCUT2D eigenvalue weighted by Crippen LogP contribution is -2.51. The SMILES string of the molecule is CCNC(C)(CC(C)SCC1CCCO1)C(=O)OCC. The number of thioether (sulfide) groups is 1. The third-order valence-corrected chi connectivity index (χ3v) is 4.88. The smallest absolute Gasteiger partial charge is 0.326 e. The number of carbonyl (C=O) groups excluding carboxylic acids is 1. The Morgan fingerprint density at radius 2 is 2.30 bits per heavy atom. The largest absolute Gasteiger partial charge is 0.465 e. The third-order valence-electron chi connectivity index (χ3n) is 3.58. The molecule has 4 nitrogen and oxygen atoms in total. The van der Waals surface area contributed by atoms with Gasteiger partial charge >= 0.3 is 5.97 Å². The molecule has 0 amide bonds. The van der Waals surface area contributed by atoms with E-state index in [-0.39, 0.29) is 5.97 Å². The van der Waals surface area contributed by atoms with E-state index in [0.29, 0.717) is 18.0 Å². The van der Waals surface area contributed by atoms with E-state index in [1.807, 2.05) is 32.5 Å². The average molecular weight is 303 g/mol. The van der Waals surface area contributed by atoms with Gasteiger partial charge in [-0.1, -0.05) is 13.8 Å². The number of nitrogens with one attached hydrogen (secondary N) is 1. The highest BCUT2D eigenvalue weighted by molar-refractivity contribution is 7.99. The monoisotopic (exact) mass is 303 g/mol. The van der Waals surface area contributed by atoms with Crippen LogP contribution in [0.25, 0.3) is 0 Å². The molecule has 1 aliphatic heterocycles. The highest BCUT2D eigenvalue weighted by Gasteiger charge is 2.35. The van der Waals surface area contributed by atoms with Gasteiger partial charge in [-0.05, 0) is 39.7 Å². The van der Waals surface area contributed by atoms with Crippen LogP contribution in [-0.2, 0) is 14.3 Å². The van der Waals surface area contributed by atoms with E-state index in [4.69, 9.17) is 9.47 Å². The van der Waals surface area contributed by atoms with E-state index in [9.17, 15) is 4.79 Å².